The number of benzene rings is 1. The average molecular weight is 283 g/mol. The Balaban J connectivity index is 2.82. The van der Waals surface area contributed by atoms with Crippen LogP contribution in [0.15, 0.2) is 40.7 Å². The fourth-order valence-corrected chi connectivity index (χ4v) is 1.33. The van der Waals surface area contributed by atoms with Gasteiger partial charge in [-0.05, 0) is 25.1 Å². The lowest BCUT2D eigenvalue weighted by molar-refractivity contribution is 0.0526. The highest BCUT2D eigenvalue weighted by atomic mass is 16.5. The van der Waals surface area contributed by atoms with Crippen molar-refractivity contribution in [3.63, 3.8) is 0 Å². The maximum atomic E-state index is 11.6. The van der Waals surface area contributed by atoms with Gasteiger partial charge in [0.1, 0.15) is 17.8 Å². The summed E-state index contributed by atoms with van der Waals surface area (Å²) in [6.45, 7) is 2.02. The normalized spacial score (nSPS) is 11.2. The molecule has 0 saturated carbocycles. The minimum atomic E-state index is -0.426. The predicted octanol–water partition coefficient (Wildman–Crippen LogP) is 1.52. The summed E-state index contributed by atoms with van der Waals surface area (Å²) in [7, 11) is 0. The number of hydrogen-bond acceptors (Lipinski definition) is 6. The number of nitrogens with one attached hydrogen (secondary N) is 1. The molecule has 0 aliphatic rings. The first-order chi connectivity index (χ1) is 10.1. The molecule has 7 heteroatoms. The Morgan fingerprint density at radius 1 is 1.48 bits per heavy atom. The molecule has 0 aromatic heterocycles. The lowest BCUT2D eigenvalue weighted by Crippen LogP contribution is -2.05. The van der Waals surface area contributed by atoms with Gasteiger partial charge in [-0.2, -0.15) is 10.5 Å². The van der Waals surface area contributed by atoms with E-state index < -0.39 is 5.97 Å². The van der Waals surface area contributed by atoms with Crippen molar-refractivity contribution in [3.8, 4) is 12.1 Å². The third-order valence-corrected chi connectivity index (χ3v) is 2.28. The second-order valence-electron chi connectivity index (χ2n) is 3.69. The van der Waals surface area contributed by atoms with E-state index in [-0.39, 0.29) is 11.4 Å². The van der Waals surface area contributed by atoms with E-state index in [0.717, 1.165) is 0 Å². The molecule has 0 amide bonds. The molecule has 21 heavy (non-hydrogen) atoms. The van der Waals surface area contributed by atoms with Gasteiger partial charge in [-0.1, -0.05) is 6.07 Å². The van der Waals surface area contributed by atoms with E-state index in [0.29, 0.717) is 17.9 Å². The third kappa shape index (κ3) is 4.69. The van der Waals surface area contributed by atoms with E-state index in [1.807, 2.05) is 0 Å². The van der Waals surface area contributed by atoms with Crippen LogP contribution >= 0.6 is 0 Å². The molecule has 0 radical (unpaired) electrons. The Morgan fingerprint density at radius 3 is 2.86 bits per heavy atom. The van der Waals surface area contributed by atoms with Crippen molar-refractivity contribution in [3.05, 3.63) is 41.2 Å². The number of nitrogens with two attached hydrogens (primary N) is 1. The largest absolute Gasteiger partial charge is 0.462 e. The maximum Gasteiger partial charge on any atom is 0.338 e. The van der Waals surface area contributed by atoms with Crippen LogP contribution in [0.1, 0.15) is 17.3 Å². The molecule has 7 nitrogen and oxygen atoms in total. The van der Waals surface area contributed by atoms with E-state index in [9.17, 15) is 4.79 Å². The molecule has 1 aromatic carbocycles. The third-order valence-electron chi connectivity index (χ3n) is 2.28. The van der Waals surface area contributed by atoms with Crippen LogP contribution in [-0.4, -0.2) is 18.9 Å². The number of nitrogens with zero attached hydrogens (tertiary/aromatic N) is 3. The Bertz CT molecular complexity index is 665. The van der Waals surface area contributed by atoms with Crippen LogP contribution in [0.3, 0.4) is 0 Å². The van der Waals surface area contributed by atoms with E-state index in [1.165, 1.54) is 6.34 Å². The highest BCUT2D eigenvalue weighted by Gasteiger charge is 2.06. The molecule has 3 N–H and O–H groups in total. The van der Waals surface area contributed by atoms with Crippen molar-refractivity contribution in [1.29, 1.82) is 10.5 Å². The van der Waals surface area contributed by atoms with Crippen molar-refractivity contribution < 1.29 is 9.53 Å². The van der Waals surface area contributed by atoms with Gasteiger partial charge in [0.05, 0.1) is 18.5 Å². The summed E-state index contributed by atoms with van der Waals surface area (Å²) in [5.74, 6) is -0.426. The molecule has 0 fully saturated rings. The minimum absolute atomic E-state index is 0.188. The summed E-state index contributed by atoms with van der Waals surface area (Å²) in [5, 5.41) is 20.1. The van der Waals surface area contributed by atoms with E-state index in [2.05, 4.69) is 10.3 Å². The van der Waals surface area contributed by atoms with Gasteiger partial charge in [0, 0.05) is 5.69 Å². The summed E-state index contributed by atoms with van der Waals surface area (Å²) >= 11 is 0. The van der Waals surface area contributed by atoms with Gasteiger partial charge in [-0.15, -0.1) is 0 Å². The Hall–Kier alpha value is -3.32. The number of carbonyl (C=O) groups is 1. The molecule has 0 unspecified atom stereocenters. The van der Waals surface area contributed by atoms with Crippen LogP contribution in [0.4, 0.5) is 5.69 Å². The summed E-state index contributed by atoms with van der Waals surface area (Å²) in [6.07, 6.45) is 1.22. The minimum Gasteiger partial charge on any atom is -0.462 e. The van der Waals surface area contributed by atoms with Crippen molar-refractivity contribution in [2.24, 2.45) is 10.7 Å². The number of carbonyl (C=O) groups excluding carboxylic acids is 1. The Morgan fingerprint density at radius 2 is 2.24 bits per heavy atom. The standard InChI is InChI=1S/C14H13N5O2/c1-2-21-14(20)10-4-3-5-11(6-10)18-9-19-13(8-16)12(17)7-15/h3-6,9H,2,17H2,1H3,(H,18,19)/b13-12-. The van der Waals surface area contributed by atoms with Crippen molar-refractivity contribution >= 4 is 18.0 Å². The first-order valence-corrected chi connectivity index (χ1v) is 5.98. The molecule has 1 aromatic rings. The summed E-state index contributed by atoms with van der Waals surface area (Å²) in [5.41, 5.74) is 5.81. The molecular formula is C14H13N5O2. The zero-order valence-corrected chi connectivity index (χ0v) is 11.3. The number of anilines is 1. The number of ether oxygens (including phenoxy) is 1. The number of rotatable bonds is 5. The smallest absolute Gasteiger partial charge is 0.338 e. The Labute approximate surface area is 122 Å². The molecule has 106 valence electrons. The predicted molar refractivity (Wildman–Crippen MR) is 77.0 cm³/mol. The molecule has 0 saturated heterocycles. The number of nitriles is 2. The summed E-state index contributed by atoms with van der Waals surface area (Å²) in [6, 6.07) is 9.92. The van der Waals surface area contributed by atoms with Gasteiger partial charge in [-0.3, -0.25) is 0 Å². The number of esters is 1. The molecule has 1 rings (SSSR count). The number of allylic oxidation sites excluding steroid dienone is 2. The van der Waals surface area contributed by atoms with Gasteiger partial charge in [0.25, 0.3) is 0 Å². The number of aliphatic imine (C=N–C) groups is 1. The first kappa shape index (κ1) is 15.7. The molecule has 0 atom stereocenters. The molecule has 0 aliphatic heterocycles. The van der Waals surface area contributed by atoms with Crippen LogP contribution in [0.5, 0.6) is 0 Å². The topological polar surface area (TPSA) is 124 Å². The quantitative estimate of drug-likeness (QED) is 0.365. The molecule has 0 aliphatic carbocycles. The highest BCUT2D eigenvalue weighted by molar-refractivity contribution is 5.91. The molecule has 0 bridgehead atoms. The van der Waals surface area contributed by atoms with Gasteiger partial charge in [0.15, 0.2) is 5.70 Å². The summed E-state index contributed by atoms with van der Waals surface area (Å²) < 4.78 is 4.89. The van der Waals surface area contributed by atoms with Gasteiger partial charge < -0.3 is 15.8 Å². The average Bonchev–Trinajstić information content (AvgIpc) is 2.51. The highest BCUT2D eigenvalue weighted by Crippen LogP contribution is 2.11. The summed E-state index contributed by atoms with van der Waals surface area (Å²) in [4.78, 5) is 15.3. The van der Waals surface area contributed by atoms with Crippen LogP contribution in [0.2, 0.25) is 0 Å². The fourth-order valence-electron chi connectivity index (χ4n) is 1.33. The zero-order chi connectivity index (χ0) is 15.7. The zero-order valence-electron chi connectivity index (χ0n) is 11.3. The molecular weight excluding hydrogens is 270 g/mol. The maximum absolute atomic E-state index is 11.6. The second-order valence-corrected chi connectivity index (χ2v) is 3.69. The Kier molecular flexibility index (Phi) is 5.97. The van der Waals surface area contributed by atoms with Crippen LogP contribution in [-0.2, 0) is 4.74 Å². The van der Waals surface area contributed by atoms with E-state index in [4.69, 9.17) is 21.0 Å². The fraction of sp³-hybridized carbons (Fsp3) is 0.143. The van der Waals surface area contributed by atoms with Crippen molar-refractivity contribution in [2.45, 2.75) is 6.92 Å². The lowest BCUT2D eigenvalue weighted by atomic mass is 10.2. The van der Waals surface area contributed by atoms with Crippen LogP contribution < -0.4 is 11.1 Å². The second kappa shape index (κ2) is 7.97. The number of hydrogen-bond donors (Lipinski definition) is 2. The van der Waals surface area contributed by atoms with Crippen molar-refractivity contribution in [2.75, 3.05) is 11.9 Å². The molecule has 0 heterocycles. The van der Waals surface area contributed by atoms with Gasteiger partial charge in [0.2, 0.25) is 0 Å². The monoisotopic (exact) mass is 283 g/mol. The van der Waals surface area contributed by atoms with Crippen LogP contribution in [0.25, 0.3) is 0 Å². The van der Waals surface area contributed by atoms with E-state index >= 15 is 0 Å². The van der Waals surface area contributed by atoms with Gasteiger partial charge in [-0.25, -0.2) is 9.79 Å². The SMILES string of the molecule is CCOC(=O)c1cccc(NC=N/C(C#N)=C(\N)C#N)c1. The van der Waals surface area contributed by atoms with Gasteiger partial charge >= 0.3 is 5.97 Å². The lowest BCUT2D eigenvalue weighted by Gasteiger charge is -2.04. The first-order valence-electron chi connectivity index (χ1n) is 5.98. The van der Waals surface area contributed by atoms with Crippen molar-refractivity contribution in [1.82, 2.24) is 0 Å². The molecule has 0 spiro atoms. The van der Waals surface area contributed by atoms with Crippen LogP contribution in [0, 0.1) is 22.7 Å². The van der Waals surface area contributed by atoms with E-state index in [1.54, 1.807) is 43.3 Å².